The zero-order valence-corrected chi connectivity index (χ0v) is 21.0. The maximum absolute atomic E-state index is 13.1. The molecule has 0 aliphatic carbocycles. The van der Waals surface area contributed by atoms with Gasteiger partial charge in [0.05, 0.1) is 5.39 Å². The molecule has 7 heteroatoms. The van der Waals surface area contributed by atoms with Gasteiger partial charge in [-0.1, -0.05) is 31.8 Å². The maximum Gasteiger partial charge on any atom is 0.272 e. The molecule has 2 aromatic heterocycles. The second-order valence-electron chi connectivity index (χ2n) is 10.00. The van der Waals surface area contributed by atoms with Crippen molar-refractivity contribution in [1.29, 1.82) is 0 Å². The number of hydrogen-bond acceptors (Lipinski definition) is 5. The average molecular weight is 467 g/mol. The number of fused-ring (bicyclic) bond motifs is 1. The van der Waals surface area contributed by atoms with Crippen molar-refractivity contribution in [2.75, 3.05) is 37.6 Å². The highest BCUT2D eigenvalue weighted by Crippen LogP contribution is 2.23. The Morgan fingerprint density at radius 2 is 1.79 bits per heavy atom. The lowest BCUT2D eigenvalue weighted by atomic mass is 10.0. The highest BCUT2D eigenvalue weighted by atomic mass is 16.2. The summed E-state index contributed by atoms with van der Waals surface area (Å²) in [6.07, 6.45) is 15.3. The minimum absolute atomic E-state index is 0.0735. The van der Waals surface area contributed by atoms with E-state index in [0.717, 1.165) is 62.3 Å². The number of carbonyl (C=O) groups is 1. The number of nitrogens with one attached hydrogen (secondary N) is 1. The van der Waals surface area contributed by atoms with Crippen LogP contribution in [0.3, 0.4) is 0 Å². The summed E-state index contributed by atoms with van der Waals surface area (Å²) < 4.78 is 1.75. The van der Waals surface area contributed by atoms with Crippen molar-refractivity contribution in [3.63, 3.8) is 0 Å². The van der Waals surface area contributed by atoms with Crippen molar-refractivity contribution in [2.45, 2.75) is 76.7 Å². The number of nitrogens with zero attached hydrogens (tertiary/aromatic N) is 5. The van der Waals surface area contributed by atoms with Gasteiger partial charge in [0, 0.05) is 39.3 Å². The first-order chi connectivity index (χ1) is 16.7. The summed E-state index contributed by atoms with van der Waals surface area (Å²) >= 11 is 0. The molecule has 0 atom stereocenters. The molecule has 1 amide bonds. The molecule has 0 saturated carbocycles. The summed E-state index contributed by atoms with van der Waals surface area (Å²) in [7, 11) is 1.88. The van der Waals surface area contributed by atoms with Crippen LogP contribution in [-0.4, -0.2) is 64.3 Å². The van der Waals surface area contributed by atoms with Gasteiger partial charge in [0.1, 0.15) is 5.82 Å². The summed E-state index contributed by atoms with van der Waals surface area (Å²) in [5.74, 6) is 0.924. The van der Waals surface area contributed by atoms with Crippen molar-refractivity contribution in [2.24, 2.45) is 7.05 Å². The van der Waals surface area contributed by atoms with E-state index < -0.39 is 0 Å². The van der Waals surface area contributed by atoms with Crippen molar-refractivity contribution in [3.8, 4) is 0 Å². The number of rotatable bonds is 10. The zero-order chi connectivity index (χ0) is 23.8. The van der Waals surface area contributed by atoms with Gasteiger partial charge in [-0.3, -0.25) is 4.79 Å². The van der Waals surface area contributed by atoms with E-state index in [1.54, 1.807) is 4.68 Å². The van der Waals surface area contributed by atoms with Gasteiger partial charge in [-0.15, -0.1) is 6.58 Å². The number of allylic oxidation sites excluding steroid dienone is 1. The molecule has 2 aliphatic rings. The molecular formula is C27H42N6O. The van der Waals surface area contributed by atoms with Gasteiger partial charge in [0.2, 0.25) is 0 Å². The van der Waals surface area contributed by atoms with Crippen LogP contribution in [0.1, 0.15) is 81.1 Å². The van der Waals surface area contributed by atoms with Crippen LogP contribution in [0.4, 0.5) is 5.82 Å². The van der Waals surface area contributed by atoms with Crippen LogP contribution in [0, 0.1) is 0 Å². The topological polar surface area (TPSA) is 66.3 Å². The van der Waals surface area contributed by atoms with E-state index in [9.17, 15) is 4.79 Å². The minimum atomic E-state index is -0.0735. The minimum Gasteiger partial charge on any atom is -0.357 e. The van der Waals surface area contributed by atoms with Crippen LogP contribution in [0.25, 0.3) is 11.0 Å². The first-order valence-corrected chi connectivity index (χ1v) is 13.4. The maximum atomic E-state index is 13.1. The fourth-order valence-electron chi connectivity index (χ4n) is 5.30. The molecule has 1 N–H and O–H groups in total. The van der Waals surface area contributed by atoms with E-state index in [4.69, 9.17) is 4.98 Å². The van der Waals surface area contributed by atoms with Crippen molar-refractivity contribution < 1.29 is 4.79 Å². The van der Waals surface area contributed by atoms with Crippen LogP contribution in [0.5, 0.6) is 0 Å². The molecular weight excluding hydrogens is 424 g/mol. The monoisotopic (exact) mass is 466 g/mol. The summed E-state index contributed by atoms with van der Waals surface area (Å²) in [4.78, 5) is 22.9. The van der Waals surface area contributed by atoms with E-state index in [0.29, 0.717) is 5.69 Å². The van der Waals surface area contributed by atoms with Crippen LogP contribution in [0.15, 0.2) is 24.8 Å². The number of aromatic nitrogens is 3. The predicted octanol–water partition coefficient (Wildman–Crippen LogP) is 4.68. The molecule has 0 bridgehead atoms. The molecule has 0 radical (unpaired) electrons. The lowest BCUT2D eigenvalue weighted by Gasteiger charge is -2.32. The van der Waals surface area contributed by atoms with Gasteiger partial charge in [0.15, 0.2) is 11.3 Å². The number of unbranched alkanes of at least 4 members (excludes halogenated alkanes) is 4. The number of likely N-dealkylation sites (tertiary alicyclic amines) is 1. The van der Waals surface area contributed by atoms with Gasteiger partial charge >= 0.3 is 0 Å². The molecule has 0 spiro atoms. The van der Waals surface area contributed by atoms with Crippen LogP contribution in [-0.2, 0) is 7.05 Å². The number of amides is 1. The van der Waals surface area contributed by atoms with E-state index in [1.165, 1.54) is 57.9 Å². The Kier molecular flexibility index (Phi) is 8.97. The first kappa shape index (κ1) is 24.7. The normalized spacial score (nSPS) is 18.2. The number of hydrogen-bond donors (Lipinski definition) is 1. The second-order valence-corrected chi connectivity index (χ2v) is 10.00. The number of piperidine rings is 1. The first-order valence-electron chi connectivity index (χ1n) is 13.4. The standard InChI is InChI=1S/C27H42N6O/c1-3-4-5-6-7-10-17-32-20-15-22(16-21-32)28-27(34)25-23-13-14-24(29-26(23)31(2)30-25)33-18-11-8-9-12-19-33/h3,13-14,22H,1,4-12,15-21H2,2H3,(H,28,34). The van der Waals surface area contributed by atoms with Crippen molar-refractivity contribution in [1.82, 2.24) is 25.0 Å². The van der Waals surface area contributed by atoms with Crippen LogP contribution >= 0.6 is 0 Å². The smallest absolute Gasteiger partial charge is 0.272 e. The average Bonchev–Trinajstić information content (AvgIpc) is 3.01. The quantitative estimate of drug-likeness (QED) is 0.407. The Hall–Kier alpha value is -2.41. The third kappa shape index (κ3) is 6.38. The third-order valence-corrected chi connectivity index (χ3v) is 7.37. The fourth-order valence-corrected chi connectivity index (χ4v) is 5.30. The molecule has 2 fully saturated rings. The molecule has 4 rings (SSSR count). The molecule has 2 aromatic rings. The molecule has 0 unspecified atom stereocenters. The Balaban J connectivity index is 1.29. The molecule has 34 heavy (non-hydrogen) atoms. The van der Waals surface area contributed by atoms with Gasteiger partial charge < -0.3 is 15.1 Å². The number of aryl methyl sites for hydroxylation is 1. The number of pyridine rings is 1. The summed E-state index contributed by atoms with van der Waals surface area (Å²) in [6, 6.07) is 4.31. The number of carbonyl (C=O) groups excluding carboxylic acids is 1. The fraction of sp³-hybridized carbons (Fsp3) is 0.667. The van der Waals surface area contributed by atoms with E-state index >= 15 is 0 Å². The van der Waals surface area contributed by atoms with Crippen molar-refractivity contribution in [3.05, 3.63) is 30.5 Å². The van der Waals surface area contributed by atoms with Crippen LogP contribution in [0.2, 0.25) is 0 Å². The Morgan fingerprint density at radius 3 is 2.53 bits per heavy atom. The van der Waals surface area contributed by atoms with E-state index in [-0.39, 0.29) is 11.9 Å². The lowest BCUT2D eigenvalue weighted by molar-refractivity contribution is 0.0906. The van der Waals surface area contributed by atoms with Gasteiger partial charge in [-0.05, 0) is 63.6 Å². The Labute approximate surface area is 204 Å². The van der Waals surface area contributed by atoms with Gasteiger partial charge in [0.25, 0.3) is 5.91 Å². The predicted molar refractivity (Wildman–Crippen MR) is 139 cm³/mol. The molecule has 0 aromatic carbocycles. The number of anilines is 1. The Bertz CT molecular complexity index is 938. The largest absolute Gasteiger partial charge is 0.357 e. The summed E-state index contributed by atoms with van der Waals surface area (Å²) in [5, 5.41) is 8.64. The van der Waals surface area contributed by atoms with Gasteiger partial charge in [-0.25, -0.2) is 9.67 Å². The zero-order valence-electron chi connectivity index (χ0n) is 21.0. The molecule has 7 nitrogen and oxygen atoms in total. The van der Waals surface area contributed by atoms with Gasteiger partial charge in [-0.2, -0.15) is 5.10 Å². The van der Waals surface area contributed by atoms with Crippen molar-refractivity contribution >= 4 is 22.8 Å². The highest BCUT2D eigenvalue weighted by molar-refractivity contribution is 6.04. The summed E-state index contributed by atoms with van der Waals surface area (Å²) in [5.41, 5.74) is 1.28. The highest BCUT2D eigenvalue weighted by Gasteiger charge is 2.24. The second kappa shape index (κ2) is 12.3. The molecule has 2 aliphatic heterocycles. The molecule has 186 valence electrons. The summed E-state index contributed by atoms with van der Waals surface area (Å²) in [6.45, 7) is 9.18. The van der Waals surface area contributed by atoms with E-state index in [1.807, 2.05) is 19.2 Å². The SMILES string of the molecule is C=CCCCCCCN1CCC(NC(=O)c2nn(C)c3nc(N4CCCCCC4)ccc23)CC1. The third-order valence-electron chi connectivity index (χ3n) is 7.37. The lowest BCUT2D eigenvalue weighted by Crippen LogP contribution is -2.45. The van der Waals surface area contributed by atoms with E-state index in [2.05, 4.69) is 32.9 Å². The molecule has 4 heterocycles. The van der Waals surface area contributed by atoms with Crippen LogP contribution < -0.4 is 10.2 Å². The Morgan fingerprint density at radius 1 is 1.06 bits per heavy atom. The molecule has 2 saturated heterocycles.